The fourth-order valence-corrected chi connectivity index (χ4v) is 3.22. The molecule has 4 nitrogen and oxygen atoms in total. The Kier molecular flexibility index (Phi) is 7.29. The molecular weight excluding hydrogens is 300 g/mol. The number of nitrogens with zero attached hydrogens (tertiary/aromatic N) is 1. The van der Waals surface area contributed by atoms with Crippen LogP contribution >= 0.6 is 0 Å². The van der Waals surface area contributed by atoms with Crippen molar-refractivity contribution in [1.82, 2.24) is 10.2 Å². The Morgan fingerprint density at radius 1 is 1.12 bits per heavy atom. The molecule has 1 aromatic rings. The lowest BCUT2D eigenvalue weighted by atomic mass is 10.0. The summed E-state index contributed by atoms with van der Waals surface area (Å²) < 4.78 is 0. The predicted octanol–water partition coefficient (Wildman–Crippen LogP) is 3.16. The highest BCUT2D eigenvalue weighted by Crippen LogP contribution is 2.14. The average Bonchev–Trinajstić information content (AvgIpc) is 3.08. The van der Waals surface area contributed by atoms with Crippen molar-refractivity contribution in [2.75, 3.05) is 13.1 Å². The molecule has 2 amide bonds. The normalized spacial score (nSPS) is 15.5. The van der Waals surface area contributed by atoms with Crippen LogP contribution < -0.4 is 5.32 Å². The van der Waals surface area contributed by atoms with Crippen molar-refractivity contribution in [2.24, 2.45) is 5.92 Å². The molecule has 0 spiro atoms. The number of aryl methyl sites for hydroxylation is 1. The minimum atomic E-state index is -0.368. The van der Waals surface area contributed by atoms with Crippen LogP contribution in [0.3, 0.4) is 0 Å². The molecule has 24 heavy (non-hydrogen) atoms. The van der Waals surface area contributed by atoms with Crippen LogP contribution in [0.2, 0.25) is 0 Å². The number of amides is 2. The van der Waals surface area contributed by atoms with E-state index in [1.54, 1.807) is 0 Å². The van der Waals surface area contributed by atoms with Gasteiger partial charge in [0.25, 0.3) is 0 Å². The summed E-state index contributed by atoms with van der Waals surface area (Å²) in [7, 11) is 0. The summed E-state index contributed by atoms with van der Waals surface area (Å²) in [6.07, 6.45) is 5.03. The molecule has 2 rings (SSSR count). The zero-order chi connectivity index (χ0) is 17.4. The molecule has 1 atom stereocenters. The second kappa shape index (κ2) is 9.45. The van der Waals surface area contributed by atoms with Gasteiger partial charge >= 0.3 is 0 Å². The number of nitrogens with one attached hydrogen (secondary N) is 1. The lowest BCUT2D eigenvalue weighted by Crippen LogP contribution is -2.48. The molecule has 0 aromatic heterocycles. The molecule has 0 radical (unpaired) electrons. The molecule has 132 valence electrons. The smallest absolute Gasteiger partial charge is 0.245 e. The lowest BCUT2D eigenvalue weighted by Gasteiger charge is -2.25. The Bertz CT molecular complexity index is 522. The van der Waals surface area contributed by atoms with E-state index < -0.39 is 0 Å². The van der Waals surface area contributed by atoms with Gasteiger partial charge in [0.15, 0.2) is 0 Å². The maximum atomic E-state index is 12.6. The zero-order valence-electron chi connectivity index (χ0n) is 15.0. The Labute approximate surface area is 145 Å². The first-order valence-corrected chi connectivity index (χ1v) is 9.18. The third-order valence-electron chi connectivity index (χ3n) is 4.47. The molecule has 1 heterocycles. The van der Waals surface area contributed by atoms with Crippen LogP contribution in [0.5, 0.6) is 0 Å². The Hall–Kier alpha value is -1.84. The van der Waals surface area contributed by atoms with Crippen LogP contribution in [-0.4, -0.2) is 35.8 Å². The Balaban J connectivity index is 1.81. The maximum absolute atomic E-state index is 12.6. The van der Waals surface area contributed by atoms with E-state index in [1.165, 1.54) is 5.56 Å². The van der Waals surface area contributed by atoms with Crippen LogP contribution in [0.15, 0.2) is 30.3 Å². The van der Waals surface area contributed by atoms with E-state index in [-0.39, 0.29) is 17.9 Å². The van der Waals surface area contributed by atoms with Crippen molar-refractivity contribution >= 4 is 11.8 Å². The third-order valence-corrected chi connectivity index (χ3v) is 4.47. The molecule has 1 saturated heterocycles. The van der Waals surface area contributed by atoms with Gasteiger partial charge < -0.3 is 10.2 Å². The lowest BCUT2D eigenvalue weighted by molar-refractivity contribution is -0.136. The fraction of sp³-hybridized carbons (Fsp3) is 0.600. The minimum Gasteiger partial charge on any atom is -0.344 e. The summed E-state index contributed by atoms with van der Waals surface area (Å²) in [6, 6.07) is 9.82. The Morgan fingerprint density at radius 3 is 2.42 bits per heavy atom. The Morgan fingerprint density at radius 2 is 1.79 bits per heavy atom. The molecule has 1 aromatic carbocycles. The molecule has 1 N–H and O–H groups in total. The van der Waals surface area contributed by atoms with Crippen molar-refractivity contribution in [2.45, 2.75) is 58.4 Å². The number of hydrogen-bond acceptors (Lipinski definition) is 2. The highest BCUT2D eigenvalue weighted by molar-refractivity contribution is 5.87. The average molecular weight is 330 g/mol. The van der Waals surface area contributed by atoms with Crippen LogP contribution in [0.25, 0.3) is 0 Å². The van der Waals surface area contributed by atoms with Crippen molar-refractivity contribution < 1.29 is 9.59 Å². The van der Waals surface area contributed by atoms with Gasteiger partial charge in [-0.15, -0.1) is 0 Å². The van der Waals surface area contributed by atoms with Gasteiger partial charge in [-0.1, -0.05) is 44.2 Å². The standard InChI is InChI=1S/C20H30N2O2/c1-16(2)15-18(20(24)22-13-6-7-14-22)21-19(23)12-8-11-17-9-4-3-5-10-17/h3-5,9-10,16,18H,6-8,11-15H2,1-2H3,(H,21,23)/t18-/m0/s1. The van der Waals surface area contributed by atoms with Crippen LogP contribution in [0, 0.1) is 5.92 Å². The van der Waals surface area contributed by atoms with E-state index in [0.717, 1.165) is 38.8 Å². The summed E-state index contributed by atoms with van der Waals surface area (Å²) in [6.45, 7) is 5.84. The molecule has 0 unspecified atom stereocenters. The highest BCUT2D eigenvalue weighted by atomic mass is 16.2. The molecule has 1 aliphatic heterocycles. The fourth-order valence-electron chi connectivity index (χ4n) is 3.22. The molecule has 0 saturated carbocycles. The maximum Gasteiger partial charge on any atom is 0.245 e. The monoisotopic (exact) mass is 330 g/mol. The number of carbonyl (C=O) groups excluding carboxylic acids is 2. The topological polar surface area (TPSA) is 49.4 Å². The van der Waals surface area contributed by atoms with Gasteiger partial charge in [0.1, 0.15) is 6.04 Å². The molecule has 4 heteroatoms. The van der Waals surface area contributed by atoms with Gasteiger partial charge in [-0.3, -0.25) is 9.59 Å². The van der Waals surface area contributed by atoms with Crippen LogP contribution in [0.4, 0.5) is 0 Å². The van der Waals surface area contributed by atoms with E-state index >= 15 is 0 Å². The number of likely N-dealkylation sites (tertiary alicyclic amines) is 1. The van der Waals surface area contributed by atoms with E-state index in [1.807, 2.05) is 23.1 Å². The number of benzene rings is 1. The van der Waals surface area contributed by atoms with Gasteiger partial charge in [-0.25, -0.2) is 0 Å². The van der Waals surface area contributed by atoms with Crippen molar-refractivity contribution in [3.05, 3.63) is 35.9 Å². The van der Waals surface area contributed by atoms with E-state index in [4.69, 9.17) is 0 Å². The van der Waals surface area contributed by atoms with Crippen LogP contribution in [-0.2, 0) is 16.0 Å². The van der Waals surface area contributed by atoms with Crippen molar-refractivity contribution in [1.29, 1.82) is 0 Å². The largest absolute Gasteiger partial charge is 0.344 e. The molecule has 0 bridgehead atoms. The zero-order valence-corrected chi connectivity index (χ0v) is 15.0. The van der Waals surface area contributed by atoms with Gasteiger partial charge in [0, 0.05) is 19.5 Å². The SMILES string of the molecule is CC(C)C[C@H](NC(=O)CCCc1ccccc1)C(=O)N1CCCC1. The van der Waals surface area contributed by atoms with Gasteiger partial charge in [0.2, 0.25) is 11.8 Å². The van der Waals surface area contributed by atoms with Gasteiger partial charge in [0.05, 0.1) is 0 Å². The van der Waals surface area contributed by atoms with E-state index in [2.05, 4.69) is 31.3 Å². The molecule has 0 aliphatic carbocycles. The van der Waals surface area contributed by atoms with Crippen molar-refractivity contribution in [3.63, 3.8) is 0 Å². The van der Waals surface area contributed by atoms with Gasteiger partial charge in [-0.05, 0) is 43.6 Å². The molecular formula is C20H30N2O2. The van der Waals surface area contributed by atoms with Gasteiger partial charge in [-0.2, -0.15) is 0 Å². The molecule has 1 aliphatic rings. The van der Waals surface area contributed by atoms with Crippen LogP contribution in [0.1, 0.15) is 51.5 Å². The first-order chi connectivity index (χ1) is 11.6. The summed E-state index contributed by atoms with van der Waals surface area (Å²) in [5.74, 6) is 0.466. The summed E-state index contributed by atoms with van der Waals surface area (Å²) >= 11 is 0. The minimum absolute atomic E-state index is 0.0101. The summed E-state index contributed by atoms with van der Waals surface area (Å²) in [5.41, 5.74) is 1.25. The first kappa shape index (κ1) is 18.5. The predicted molar refractivity (Wildman–Crippen MR) is 96.6 cm³/mol. The summed E-state index contributed by atoms with van der Waals surface area (Å²) in [5, 5.41) is 2.98. The second-order valence-electron chi connectivity index (χ2n) is 7.12. The van der Waals surface area contributed by atoms with E-state index in [0.29, 0.717) is 18.8 Å². The van der Waals surface area contributed by atoms with Crippen molar-refractivity contribution in [3.8, 4) is 0 Å². The second-order valence-corrected chi connectivity index (χ2v) is 7.12. The number of carbonyl (C=O) groups is 2. The highest BCUT2D eigenvalue weighted by Gasteiger charge is 2.28. The molecule has 1 fully saturated rings. The quantitative estimate of drug-likeness (QED) is 0.796. The number of rotatable bonds is 8. The number of hydrogen-bond donors (Lipinski definition) is 1. The summed E-state index contributed by atoms with van der Waals surface area (Å²) in [4.78, 5) is 26.8. The van der Waals surface area contributed by atoms with E-state index in [9.17, 15) is 9.59 Å². The first-order valence-electron chi connectivity index (χ1n) is 9.18. The third kappa shape index (κ3) is 5.99.